The first-order chi connectivity index (χ1) is 12.1. The maximum atomic E-state index is 12.1. The summed E-state index contributed by atoms with van der Waals surface area (Å²) in [6.45, 7) is 4.46. The van der Waals surface area contributed by atoms with Gasteiger partial charge in [-0.25, -0.2) is 0 Å². The fourth-order valence-electron chi connectivity index (χ4n) is 3.71. The number of hydrogen-bond acceptors (Lipinski definition) is 3. The Morgan fingerprint density at radius 3 is 2.20 bits per heavy atom. The summed E-state index contributed by atoms with van der Waals surface area (Å²) >= 11 is 0. The number of benzene rings is 1. The monoisotopic (exact) mass is 343 g/mol. The summed E-state index contributed by atoms with van der Waals surface area (Å²) < 4.78 is 0. The molecule has 0 bridgehead atoms. The molecular weight excluding hydrogens is 314 g/mol. The summed E-state index contributed by atoms with van der Waals surface area (Å²) in [5.74, 6) is -0.302. The van der Waals surface area contributed by atoms with Crippen molar-refractivity contribution in [1.82, 2.24) is 5.32 Å². The minimum atomic E-state index is -0.579. The lowest BCUT2D eigenvalue weighted by atomic mass is 9.95. The van der Waals surface area contributed by atoms with Gasteiger partial charge in [0.2, 0.25) is 0 Å². The van der Waals surface area contributed by atoms with Crippen molar-refractivity contribution in [3.63, 3.8) is 0 Å². The molecule has 0 radical (unpaired) electrons. The molecule has 2 amide bonds. The number of nitrogens with zero attached hydrogens (tertiary/aromatic N) is 1. The van der Waals surface area contributed by atoms with Gasteiger partial charge in [-0.3, -0.25) is 9.59 Å². The molecular formula is C20H29N3O2. The Morgan fingerprint density at radius 1 is 0.920 bits per heavy atom. The second kappa shape index (κ2) is 8.37. The Balaban J connectivity index is 1.50. The molecule has 1 aliphatic heterocycles. The third kappa shape index (κ3) is 4.97. The summed E-state index contributed by atoms with van der Waals surface area (Å²) in [5.41, 5.74) is 1.84. The molecule has 2 fully saturated rings. The molecule has 2 N–H and O–H groups in total. The van der Waals surface area contributed by atoms with Crippen LogP contribution in [0.3, 0.4) is 0 Å². The average molecular weight is 343 g/mol. The predicted octanol–water partition coefficient (Wildman–Crippen LogP) is 3.31. The van der Waals surface area contributed by atoms with Crippen molar-refractivity contribution >= 4 is 23.2 Å². The third-order valence-electron chi connectivity index (χ3n) is 5.42. The molecule has 1 saturated heterocycles. The van der Waals surface area contributed by atoms with E-state index in [1.807, 2.05) is 24.3 Å². The molecule has 0 spiro atoms. The van der Waals surface area contributed by atoms with Crippen molar-refractivity contribution in [2.75, 3.05) is 23.3 Å². The number of hydrogen-bond donors (Lipinski definition) is 2. The molecule has 1 aromatic rings. The van der Waals surface area contributed by atoms with Crippen LogP contribution >= 0.6 is 0 Å². The van der Waals surface area contributed by atoms with E-state index in [1.165, 1.54) is 24.9 Å². The van der Waals surface area contributed by atoms with Gasteiger partial charge >= 0.3 is 11.8 Å². The number of rotatable bonds is 3. The highest BCUT2D eigenvalue weighted by molar-refractivity contribution is 6.39. The Labute approximate surface area is 150 Å². The number of anilines is 2. The van der Waals surface area contributed by atoms with E-state index in [9.17, 15) is 9.59 Å². The number of piperidine rings is 1. The van der Waals surface area contributed by atoms with Crippen LogP contribution in [-0.2, 0) is 9.59 Å². The zero-order chi connectivity index (χ0) is 17.6. The number of nitrogens with one attached hydrogen (secondary N) is 2. The highest BCUT2D eigenvalue weighted by atomic mass is 16.2. The SMILES string of the molecule is CC1CCN(c2ccc(NC(=O)C(=O)NC3CCCCC3)cc2)CC1. The van der Waals surface area contributed by atoms with Crippen molar-refractivity contribution in [3.05, 3.63) is 24.3 Å². The van der Waals surface area contributed by atoms with Crippen molar-refractivity contribution in [2.45, 2.75) is 57.9 Å². The smallest absolute Gasteiger partial charge is 0.313 e. The second-order valence-corrected chi connectivity index (χ2v) is 7.48. The van der Waals surface area contributed by atoms with Crippen LogP contribution in [0, 0.1) is 5.92 Å². The number of amides is 2. The maximum Gasteiger partial charge on any atom is 0.313 e. The zero-order valence-corrected chi connectivity index (χ0v) is 15.1. The molecule has 3 rings (SSSR count). The van der Waals surface area contributed by atoms with Crippen LogP contribution in [0.1, 0.15) is 51.9 Å². The van der Waals surface area contributed by atoms with Crippen LogP contribution < -0.4 is 15.5 Å². The van der Waals surface area contributed by atoms with Crippen LogP contribution in [0.5, 0.6) is 0 Å². The molecule has 1 aromatic carbocycles. The first-order valence-corrected chi connectivity index (χ1v) is 9.58. The maximum absolute atomic E-state index is 12.1. The summed E-state index contributed by atoms with van der Waals surface area (Å²) in [6.07, 6.45) is 7.87. The molecule has 136 valence electrons. The molecule has 0 aromatic heterocycles. The van der Waals surface area contributed by atoms with Gasteiger partial charge in [-0.2, -0.15) is 0 Å². The van der Waals surface area contributed by atoms with Crippen LogP contribution in [-0.4, -0.2) is 30.9 Å². The van der Waals surface area contributed by atoms with Gasteiger partial charge in [0.1, 0.15) is 0 Å². The Kier molecular flexibility index (Phi) is 5.95. The molecule has 0 unspecified atom stereocenters. The summed E-state index contributed by atoms with van der Waals surface area (Å²) in [6, 6.07) is 7.93. The van der Waals surface area contributed by atoms with Gasteiger partial charge in [-0.15, -0.1) is 0 Å². The standard InChI is InChI=1S/C20H29N3O2/c1-15-11-13-23(14-12-15)18-9-7-17(8-10-18)22-20(25)19(24)21-16-5-3-2-4-6-16/h7-10,15-16H,2-6,11-14H2,1H3,(H,21,24)(H,22,25). The molecule has 1 aliphatic carbocycles. The quantitative estimate of drug-likeness (QED) is 0.828. The Hall–Kier alpha value is -2.04. The zero-order valence-electron chi connectivity index (χ0n) is 15.1. The predicted molar refractivity (Wildman–Crippen MR) is 101 cm³/mol. The van der Waals surface area contributed by atoms with Crippen LogP contribution in [0.2, 0.25) is 0 Å². The van der Waals surface area contributed by atoms with E-state index in [1.54, 1.807) is 0 Å². The Morgan fingerprint density at radius 2 is 1.56 bits per heavy atom. The molecule has 0 atom stereocenters. The van der Waals surface area contributed by atoms with Gasteiger partial charge in [0.25, 0.3) is 0 Å². The highest BCUT2D eigenvalue weighted by Crippen LogP contribution is 2.24. The van der Waals surface area contributed by atoms with Gasteiger partial charge in [0.05, 0.1) is 0 Å². The van der Waals surface area contributed by atoms with E-state index < -0.39 is 11.8 Å². The van der Waals surface area contributed by atoms with E-state index in [4.69, 9.17) is 0 Å². The number of carbonyl (C=O) groups excluding carboxylic acids is 2. The highest BCUT2D eigenvalue weighted by Gasteiger charge is 2.21. The van der Waals surface area contributed by atoms with Crippen molar-refractivity contribution in [2.24, 2.45) is 5.92 Å². The molecule has 25 heavy (non-hydrogen) atoms. The first kappa shape index (κ1) is 17.8. The van der Waals surface area contributed by atoms with E-state index >= 15 is 0 Å². The first-order valence-electron chi connectivity index (χ1n) is 9.58. The molecule has 5 heteroatoms. The van der Waals surface area contributed by atoms with Gasteiger partial charge in [0, 0.05) is 30.5 Å². The molecule has 1 saturated carbocycles. The minimum absolute atomic E-state index is 0.149. The lowest BCUT2D eigenvalue weighted by Crippen LogP contribution is -2.42. The molecule has 1 heterocycles. The van der Waals surface area contributed by atoms with Gasteiger partial charge in [-0.05, 0) is 55.9 Å². The fraction of sp³-hybridized carbons (Fsp3) is 0.600. The third-order valence-corrected chi connectivity index (χ3v) is 5.42. The number of carbonyl (C=O) groups is 2. The van der Waals surface area contributed by atoms with E-state index in [-0.39, 0.29) is 6.04 Å². The van der Waals surface area contributed by atoms with Crippen LogP contribution in [0.4, 0.5) is 11.4 Å². The topological polar surface area (TPSA) is 61.4 Å². The van der Waals surface area contributed by atoms with Gasteiger partial charge in [-0.1, -0.05) is 26.2 Å². The average Bonchev–Trinajstić information content (AvgIpc) is 2.64. The molecule has 2 aliphatic rings. The van der Waals surface area contributed by atoms with Crippen molar-refractivity contribution in [1.29, 1.82) is 0 Å². The lowest BCUT2D eigenvalue weighted by molar-refractivity contribution is -0.136. The van der Waals surface area contributed by atoms with E-state index in [2.05, 4.69) is 22.5 Å². The van der Waals surface area contributed by atoms with Crippen LogP contribution in [0.25, 0.3) is 0 Å². The fourth-order valence-corrected chi connectivity index (χ4v) is 3.71. The summed E-state index contributed by atoms with van der Waals surface area (Å²) in [7, 11) is 0. The second-order valence-electron chi connectivity index (χ2n) is 7.48. The lowest BCUT2D eigenvalue weighted by Gasteiger charge is -2.32. The van der Waals surface area contributed by atoms with E-state index in [0.717, 1.165) is 44.7 Å². The largest absolute Gasteiger partial charge is 0.372 e. The summed E-state index contributed by atoms with van der Waals surface area (Å²) in [5, 5.41) is 5.55. The van der Waals surface area contributed by atoms with E-state index in [0.29, 0.717) is 5.69 Å². The normalized spacial score (nSPS) is 19.5. The molecule has 5 nitrogen and oxygen atoms in total. The Bertz CT molecular complexity index is 585. The van der Waals surface area contributed by atoms with Gasteiger partial charge in [0.15, 0.2) is 0 Å². The minimum Gasteiger partial charge on any atom is -0.372 e. The van der Waals surface area contributed by atoms with Gasteiger partial charge < -0.3 is 15.5 Å². The van der Waals surface area contributed by atoms with Crippen LogP contribution in [0.15, 0.2) is 24.3 Å². The van der Waals surface area contributed by atoms with Crippen molar-refractivity contribution < 1.29 is 9.59 Å². The summed E-state index contributed by atoms with van der Waals surface area (Å²) in [4.78, 5) is 26.5. The van der Waals surface area contributed by atoms with Crippen molar-refractivity contribution in [3.8, 4) is 0 Å².